The molecule has 122 valence electrons. The number of benzene rings is 2. The summed E-state index contributed by atoms with van der Waals surface area (Å²) in [6.45, 7) is 3.69. The number of rotatable bonds is 8. The van der Waals surface area contributed by atoms with Crippen molar-refractivity contribution < 1.29 is 9.53 Å². The first-order chi connectivity index (χ1) is 11.2. The maximum absolute atomic E-state index is 12.0. The van der Waals surface area contributed by atoms with Crippen LogP contribution in [-0.2, 0) is 11.3 Å². The average Bonchev–Trinajstić information content (AvgIpc) is 2.55. The number of carbonyl (C=O) groups excluding carboxylic acids is 1. The van der Waals surface area contributed by atoms with Gasteiger partial charge in [0.1, 0.15) is 5.75 Å². The Labute approximate surface area is 141 Å². The van der Waals surface area contributed by atoms with Crippen molar-refractivity contribution >= 4 is 23.2 Å². The van der Waals surface area contributed by atoms with Crippen molar-refractivity contribution in [3.05, 3.63) is 59.1 Å². The molecule has 0 atom stereocenters. The Hall–Kier alpha value is -2.04. The Bertz CT molecular complexity index is 646. The summed E-state index contributed by atoms with van der Waals surface area (Å²) in [5.74, 6) is 0.635. The molecule has 0 aliphatic heterocycles. The number of hydrogen-bond donors (Lipinski definition) is 2. The minimum Gasteiger partial charge on any atom is -0.492 e. The fourth-order valence-electron chi connectivity index (χ4n) is 2.13. The van der Waals surface area contributed by atoms with Crippen LogP contribution in [0.1, 0.15) is 18.9 Å². The number of nitrogens with one attached hydrogen (secondary N) is 2. The maximum atomic E-state index is 12.0. The van der Waals surface area contributed by atoms with Crippen LogP contribution in [0.15, 0.2) is 48.5 Å². The fourth-order valence-corrected chi connectivity index (χ4v) is 2.33. The molecule has 4 nitrogen and oxygen atoms in total. The third kappa shape index (κ3) is 5.58. The Morgan fingerprint density at radius 3 is 2.65 bits per heavy atom. The van der Waals surface area contributed by atoms with Gasteiger partial charge in [0.15, 0.2) is 0 Å². The van der Waals surface area contributed by atoms with Crippen LogP contribution in [0.5, 0.6) is 5.75 Å². The molecule has 0 aromatic heterocycles. The highest BCUT2D eigenvalue weighted by Gasteiger charge is 2.07. The van der Waals surface area contributed by atoms with Gasteiger partial charge in [-0.25, -0.2) is 0 Å². The van der Waals surface area contributed by atoms with E-state index in [0.29, 0.717) is 37.6 Å². The quantitative estimate of drug-likeness (QED) is 0.722. The van der Waals surface area contributed by atoms with Gasteiger partial charge in [-0.3, -0.25) is 4.79 Å². The van der Waals surface area contributed by atoms with E-state index in [2.05, 4.69) is 10.6 Å². The molecule has 2 aromatic carbocycles. The number of anilines is 1. The molecule has 1 amide bonds. The van der Waals surface area contributed by atoms with Gasteiger partial charge in [0.05, 0.1) is 12.3 Å². The molecular formula is C18H21ClN2O2. The molecule has 2 N–H and O–H groups in total. The SMILES string of the molecule is CCOc1ccccc1NC(=O)CCNCc1ccccc1Cl. The minimum atomic E-state index is -0.0520. The van der Waals surface area contributed by atoms with Gasteiger partial charge in [-0.15, -0.1) is 0 Å². The zero-order valence-corrected chi connectivity index (χ0v) is 13.9. The summed E-state index contributed by atoms with van der Waals surface area (Å²) < 4.78 is 5.49. The molecule has 0 fully saturated rings. The van der Waals surface area contributed by atoms with Crippen LogP contribution in [0.4, 0.5) is 5.69 Å². The standard InChI is InChI=1S/C18H21ClN2O2/c1-2-23-17-10-6-5-9-16(17)21-18(22)11-12-20-13-14-7-3-4-8-15(14)19/h3-10,20H,2,11-13H2,1H3,(H,21,22). The van der Waals surface area contributed by atoms with Gasteiger partial charge in [-0.05, 0) is 30.7 Å². The maximum Gasteiger partial charge on any atom is 0.225 e. The van der Waals surface area contributed by atoms with E-state index in [-0.39, 0.29) is 5.91 Å². The van der Waals surface area contributed by atoms with Gasteiger partial charge >= 0.3 is 0 Å². The summed E-state index contributed by atoms with van der Waals surface area (Å²) in [6, 6.07) is 15.1. The summed E-state index contributed by atoms with van der Waals surface area (Å²) in [5.41, 5.74) is 1.72. The molecule has 0 aliphatic rings. The highest BCUT2D eigenvalue weighted by molar-refractivity contribution is 6.31. The Morgan fingerprint density at radius 1 is 1.13 bits per heavy atom. The van der Waals surface area contributed by atoms with E-state index in [9.17, 15) is 4.79 Å². The Morgan fingerprint density at radius 2 is 1.87 bits per heavy atom. The van der Waals surface area contributed by atoms with Gasteiger partial charge in [0.25, 0.3) is 0 Å². The highest BCUT2D eigenvalue weighted by atomic mass is 35.5. The number of carbonyl (C=O) groups is 1. The van der Waals surface area contributed by atoms with E-state index >= 15 is 0 Å². The zero-order chi connectivity index (χ0) is 16.5. The van der Waals surface area contributed by atoms with Crippen molar-refractivity contribution in [3.8, 4) is 5.75 Å². The molecule has 0 unspecified atom stereocenters. The number of hydrogen-bond acceptors (Lipinski definition) is 3. The molecule has 0 saturated heterocycles. The summed E-state index contributed by atoms with van der Waals surface area (Å²) in [4.78, 5) is 12.0. The van der Waals surface area contributed by atoms with Crippen LogP contribution < -0.4 is 15.4 Å². The molecule has 0 saturated carbocycles. The second-order valence-electron chi connectivity index (χ2n) is 5.00. The number of ether oxygens (including phenoxy) is 1. The zero-order valence-electron chi connectivity index (χ0n) is 13.1. The van der Waals surface area contributed by atoms with Crippen LogP contribution in [-0.4, -0.2) is 19.1 Å². The van der Waals surface area contributed by atoms with Gasteiger partial charge in [-0.1, -0.05) is 41.9 Å². The minimum absolute atomic E-state index is 0.0520. The van der Waals surface area contributed by atoms with E-state index in [1.54, 1.807) is 0 Å². The monoisotopic (exact) mass is 332 g/mol. The summed E-state index contributed by atoms with van der Waals surface area (Å²) in [6.07, 6.45) is 0.380. The van der Waals surface area contributed by atoms with E-state index in [0.717, 1.165) is 10.6 Å². The normalized spacial score (nSPS) is 10.3. The van der Waals surface area contributed by atoms with Gasteiger partial charge in [-0.2, -0.15) is 0 Å². The van der Waals surface area contributed by atoms with E-state index in [4.69, 9.17) is 16.3 Å². The van der Waals surface area contributed by atoms with Crippen LogP contribution in [0.2, 0.25) is 5.02 Å². The molecule has 5 heteroatoms. The summed E-state index contributed by atoms with van der Waals surface area (Å²) in [7, 11) is 0. The fraction of sp³-hybridized carbons (Fsp3) is 0.278. The predicted octanol–water partition coefficient (Wildman–Crippen LogP) is 3.86. The Balaban J connectivity index is 1.76. The smallest absolute Gasteiger partial charge is 0.225 e. The van der Waals surface area contributed by atoms with Crippen LogP contribution in [0, 0.1) is 0 Å². The van der Waals surface area contributed by atoms with Crippen LogP contribution in [0.3, 0.4) is 0 Å². The van der Waals surface area contributed by atoms with Gasteiger partial charge in [0, 0.05) is 24.5 Å². The topological polar surface area (TPSA) is 50.4 Å². The van der Waals surface area contributed by atoms with Crippen molar-refractivity contribution in [2.75, 3.05) is 18.5 Å². The van der Waals surface area contributed by atoms with Gasteiger partial charge in [0.2, 0.25) is 5.91 Å². The largest absolute Gasteiger partial charge is 0.492 e. The first-order valence-corrected chi connectivity index (χ1v) is 8.04. The molecule has 0 aliphatic carbocycles. The van der Waals surface area contributed by atoms with Crippen molar-refractivity contribution in [2.24, 2.45) is 0 Å². The predicted molar refractivity (Wildman–Crippen MR) is 94.0 cm³/mol. The average molecular weight is 333 g/mol. The highest BCUT2D eigenvalue weighted by Crippen LogP contribution is 2.23. The first kappa shape index (κ1) is 17.3. The first-order valence-electron chi connectivity index (χ1n) is 7.66. The number of para-hydroxylation sites is 2. The second kappa shape index (κ2) is 9.18. The van der Waals surface area contributed by atoms with E-state index in [1.165, 1.54) is 0 Å². The second-order valence-corrected chi connectivity index (χ2v) is 5.40. The lowest BCUT2D eigenvalue weighted by Crippen LogP contribution is -2.21. The van der Waals surface area contributed by atoms with E-state index in [1.807, 2.05) is 55.5 Å². The van der Waals surface area contributed by atoms with Crippen molar-refractivity contribution in [1.29, 1.82) is 0 Å². The molecule has 0 heterocycles. The van der Waals surface area contributed by atoms with Crippen LogP contribution in [0.25, 0.3) is 0 Å². The molecule has 0 spiro atoms. The van der Waals surface area contributed by atoms with Crippen molar-refractivity contribution in [3.63, 3.8) is 0 Å². The number of halogens is 1. The third-order valence-electron chi connectivity index (χ3n) is 3.26. The van der Waals surface area contributed by atoms with Crippen molar-refractivity contribution in [1.82, 2.24) is 5.32 Å². The molecular weight excluding hydrogens is 312 g/mol. The lowest BCUT2D eigenvalue weighted by molar-refractivity contribution is -0.116. The van der Waals surface area contributed by atoms with Crippen molar-refractivity contribution in [2.45, 2.75) is 19.9 Å². The summed E-state index contributed by atoms with van der Waals surface area (Å²) >= 11 is 6.09. The molecule has 0 bridgehead atoms. The summed E-state index contributed by atoms with van der Waals surface area (Å²) in [5, 5.41) is 6.83. The lowest BCUT2D eigenvalue weighted by atomic mass is 10.2. The molecule has 2 aromatic rings. The number of amides is 1. The van der Waals surface area contributed by atoms with E-state index < -0.39 is 0 Å². The third-order valence-corrected chi connectivity index (χ3v) is 3.63. The van der Waals surface area contributed by atoms with Gasteiger partial charge < -0.3 is 15.4 Å². The Kier molecular flexibility index (Phi) is 6.91. The van der Waals surface area contributed by atoms with Crippen LogP contribution >= 0.6 is 11.6 Å². The lowest BCUT2D eigenvalue weighted by Gasteiger charge is -2.11. The molecule has 0 radical (unpaired) electrons. The molecule has 2 rings (SSSR count). The molecule has 23 heavy (non-hydrogen) atoms.